The Kier molecular flexibility index (Phi) is 8.56. The monoisotopic (exact) mass is 523 g/mol. The lowest BCUT2D eigenvalue weighted by Gasteiger charge is -2.33. The maximum atomic E-state index is 13.1. The first kappa shape index (κ1) is 26.6. The van der Waals surface area contributed by atoms with Crippen molar-refractivity contribution in [3.63, 3.8) is 0 Å². The van der Waals surface area contributed by atoms with Gasteiger partial charge in [0.15, 0.2) is 25.0 Å². The average Bonchev–Trinajstić information content (AvgIpc) is 3.42. The van der Waals surface area contributed by atoms with Crippen LogP contribution in [0.1, 0.15) is 6.92 Å². The molecule has 38 heavy (non-hydrogen) atoms. The first-order valence-corrected chi connectivity index (χ1v) is 11.8. The minimum absolute atomic E-state index is 0.0932. The fraction of sp³-hybridized carbons (Fsp3) is 0.308. The molecule has 12 nitrogen and oxygen atoms in total. The molecule has 1 aliphatic carbocycles. The number of carbonyl (C=O) groups is 3. The molecular weight excluding hydrogens is 496 g/mol. The van der Waals surface area contributed by atoms with Crippen LogP contribution >= 0.6 is 0 Å². The third kappa shape index (κ3) is 6.28. The Hall–Kier alpha value is -4.42. The number of carbonyl (C=O) groups excluding carboxylic acids is 3. The molecular formula is C26H27N4O8+. The Morgan fingerprint density at radius 1 is 1.29 bits per heavy atom. The Labute approximate surface area is 218 Å². The Bertz CT molecular complexity index is 1280. The van der Waals surface area contributed by atoms with Gasteiger partial charge in [-0.2, -0.15) is 0 Å². The van der Waals surface area contributed by atoms with Crippen LogP contribution in [0.15, 0.2) is 69.9 Å². The molecule has 0 spiro atoms. The van der Waals surface area contributed by atoms with Crippen molar-refractivity contribution in [3.8, 4) is 5.75 Å². The van der Waals surface area contributed by atoms with Gasteiger partial charge in [0.2, 0.25) is 0 Å². The SMILES string of the molecule is CCOC(=O)COc1cccc(N2CCOC(C(O)C(=O)N=C3C=CC(=C4N=C(OC)C=[NH+]4)C=C3)C2=O)c1. The summed E-state index contributed by atoms with van der Waals surface area (Å²) in [6.07, 6.45) is 4.97. The molecule has 0 bridgehead atoms. The number of aliphatic hydroxyl groups is 1. The lowest BCUT2D eigenvalue weighted by molar-refractivity contribution is -0.388. The fourth-order valence-corrected chi connectivity index (χ4v) is 3.75. The van der Waals surface area contributed by atoms with Crippen LogP contribution in [0.3, 0.4) is 0 Å². The summed E-state index contributed by atoms with van der Waals surface area (Å²) in [6, 6.07) is 6.55. The third-order valence-electron chi connectivity index (χ3n) is 5.60. The van der Waals surface area contributed by atoms with Crippen molar-refractivity contribution in [3.05, 3.63) is 60.0 Å². The maximum Gasteiger partial charge on any atom is 0.368 e. The summed E-state index contributed by atoms with van der Waals surface area (Å²) in [4.78, 5) is 49.9. The number of anilines is 1. The van der Waals surface area contributed by atoms with E-state index in [9.17, 15) is 19.5 Å². The van der Waals surface area contributed by atoms with E-state index in [-0.39, 0.29) is 26.4 Å². The summed E-state index contributed by atoms with van der Waals surface area (Å²) in [6.45, 7) is 1.96. The molecule has 3 aliphatic rings. The molecule has 2 unspecified atom stereocenters. The van der Waals surface area contributed by atoms with E-state index in [2.05, 4.69) is 15.0 Å². The van der Waals surface area contributed by atoms with Gasteiger partial charge in [-0.3, -0.25) is 9.59 Å². The highest BCUT2D eigenvalue weighted by Crippen LogP contribution is 2.25. The van der Waals surface area contributed by atoms with Crippen molar-refractivity contribution in [1.29, 1.82) is 0 Å². The van der Waals surface area contributed by atoms with Gasteiger partial charge in [0.1, 0.15) is 5.75 Å². The number of aliphatic hydroxyl groups excluding tert-OH is 1. The van der Waals surface area contributed by atoms with Gasteiger partial charge in [0.25, 0.3) is 11.8 Å². The average molecular weight is 524 g/mol. The Morgan fingerprint density at radius 2 is 2.08 bits per heavy atom. The van der Waals surface area contributed by atoms with Gasteiger partial charge < -0.3 is 29.0 Å². The van der Waals surface area contributed by atoms with Crippen LogP contribution in [0.25, 0.3) is 0 Å². The van der Waals surface area contributed by atoms with Gasteiger partial charge in [0.05, 0.1) is 31.6 Å². The topological polar surface area (TPSA) is 150 Å². The summed E-state index contributed by atoms with van der Waals surface area (Å²) >= 11 is 0. The molecule has 198 valence electrons. The second kappa shape index (κ2) is 12.2. The number of morpholine rings is 1. The number of nitrogens with one attached hydrogen (secondary N) is 1. The van der Waals surface area contributed by atoms with Gasteiger partial charge in [-0.1, -0.05) is 6.07 Å². The second-order valence-electron chi connectivity index (χ2n) is 8.11. The number of esters is 1. The number of benzene rings is 1. The second-order valence-corrected chi connectivity index (χ2v) is 8.11. The number of amides is 2. The van der Waals surface area contributed by atoms with Crippen LogP contribution in [0.2, 0.25) is 0 Å². The maximum absolute atomic E-state index is 13.1. The van der Waals surface area contributed by atoms with Crippen LogP contribution in [-0.4, -0.2) is 86.4 Å². The van der Waals surface area contributed by atoms with Gasteiger partial charge >= 0.3 is 17.7 Å². The lowest BCUT2D eigenvalue weighted by Crippen LogP contribution is -2.64. The minimum atomic E-state index is -1.80. The van der Waals surface area contributed by atoms with E-state index in [0.29, 0.717) is 28.9 Å². The van der Waals surface area contributed by atoms with Crippen molar-refractivity contribution in [1.82, 2.24) is 0 Å². The van der Waals surface area contributed by atoms with Crippen molar-refractivity contribution in [2.24, 2.45) is 9.98 Å². The van der Waals surface area contributed by atoms with E-state index >= 15 is 0 Å². The molecule has 0 radical (unpaired) electrons. The molecule has 1 saturated heterocycles. The molecule has 12 heteroatoms. The number of methoxy groups -OCH3 is 1. The predicted molar refractivity (Wildman–Crippen MR) is 136 cm³/mol. The normalized spacial score (nSPS) is 19.4. The van der Waals surface area contributed by atoms with Gasteiger partial charge in [-0.25, -0.2) is 14.8 Å². The highest BCUT2D eigenvalue weighted by Gasteiger charge is 2.39. The standard InChI is InChI=1S/C26H26N4O8/c1-3-36-21(31)15-38-19-6-4-5-18(13-19)30-11-12-37-23(26(30)34)22(32)25(33)28-17-9-7-16(8-10-17)24-27-14-20(29-24)35-2/h4-10,13-14,22-23,32H,3,11-12,15H2,1-2H3/p+1. The van der Waals surface area contributed by atoms with Crippen molar-refractivity contribution >= 4 is 41.3 Å². The molecule has 1 fully saturated rings. The first-order valence-electron chi connectivity index (χ1n) is 11.8. The first-order chi connectivity index (χ1) is 18.4. The Balaban J connectivity index is 1.41. The zero-order valence-electron chi connectivity index (χ0n) is 20.8. The summed E-state index contributed by atoms with van der Waals surface area (Å²) in [7, 11) is 1.51. The van der Waals surface area contributed by atoms with Crippen LogP contribution in [0.5, 0.6) is 5.75 Å². The van der Waals surface area contributed by atoms with E-state index < -0.39 is 30.0 Å². The van der Waals surface area contributed by atoms with Crippen LogP contribution in [-0.2, 0) is 28.6 Å². The molecule has 2 heterocycles. The molecule has 4 rings (SSSR count). The minimum Gasteiger partial charge on any atom is -0.482 e. The predicted octanol–water partition coefficient (Wildman–Crippen LogP) is -0.764. The molecule has 0 aromatic heterocycles. The summed E-state index contributed by atoms with van der Waals surface area (Å²) in [5.41, 5.74) is 1.50. The number of ether oxygens (including phenoxy) is 4. The molecule has 1 aromatic carbocycles. The van der Waals surface area contributed by atoms with E-state index in [1.165, 1.54) is 12.0 Å². The number of hydrogen-bond acceptors (Lipinski definition) is 9. The zero-order chi connectivity index (χ0) is 27.1. The fourth-order valence-electron chi connectivity index (χ4n) is 3.75. The highest BCUT2D eigenvalue weighted by molar-refractivity contribution is 6.25. The van der Waals surface area contributed by atoms with E-state index in [1.807, 2.05) is 0 Å². The van der Waals surface area contributed by atoms with Gasteiger partial charge in [-0.05, 0) is 43.4 Å². The number of allylic oxidation sites excluding steroid dienone is 5. The number of nitrogens with zero attached hydrogens (tertiary/aromatic N) is 3. The molecule has 1 aromatic rings. The molecule has 2 aliphatic heterocycles. The largest absolute Gasteiger partial charge is 0.482 e. The van der Waals surface area contributed by atoms with Crippen LogP contribution in [0, 0.1) is 0 Å². The van der Waals surface area contributed by atoms with E-state index in [1.54, 1.807) is 61.7 Å². The van der Waals surface area contributed by atoms with Crippen molar-refractivity contribution < 1.29 is 43.4 Å². The molecule has 2 N–H and O–H groups in total. The van der Waals surface area contributed by atoms with Crippen molar-refractivity contribution in [2.45, 2.75) is 19.1 Å². The van der Waals surface area contributed by atoms with Gasteiger partial charge in [-0.15, -0.1) is 0 Å². The summed E-state index contributed by atoms with van der Waals surface area (Å²) in [5.74, 6) is -0.650. The smallest absolute Gasteiger partial charge is 0.368 e. The molecule has 0 saturated carbocycles. The summed E-state index contributed by atoms with van der Waals surface area (Å²) in [5, 5.41) is 10.6. The molecule has 2 atom stereocenters. The van der Waals surface area contributed by atoms with Crippen LogP contribution in [0.4, 0.5) is 5.69 Å². The Morgan fingerprint density at radius 3 is 2.79 bits per heavy atom. The van der Waals surface area contributed by atoms with E-state index in [0.717, 1.165) is 5.57 Å². The molecule has 2 amide bonds. The van der Waals surface area contributed by atoms with E-state index in [4.69, 9.17) is 18.9 Å². The third-order valence-corrected chi connectivity index (χ3v) is 5.60. The number of rotatable bonds is 7. The highest BCUT2D eigenvalue weighted by atomic mass is 16.6. The lowest BCUT2D eigenvalue weighted by atomic mass is 10.1. The quantitative estimate of drug-likeness (QED) is 0.443. The van der Waals surface area contributed by atoms with Crippen molar-refractivity contribution in [2.75, 3.05) is 38.4 Å². The van der Waals surface area contributed by atoms with Crippen LogP contribution < -0.4 is 14.6 Å². The number of aliphatic imine (C=N–C) groups is 2. The summed E-state index contributed by atoms with van der Waals surface area (Å²) < 4.78 is 20.8. The number of hydrogen-bond donors (Lipinski definition) is 2. The zero-order valence-corrected chi connectivity index (χ0v) is 20.8. The van der Waals surface area contributed by atoms with Gasteiger partial charge in [0, 0.05) is 23.3 Å².